The molecule has 0 radical (unpaired) electrons. The van der Waals surface area contributed by atoms with E-state index in [0.717, 1.165) is 5.56 Å². The van der Waals surface area contributed by atoms with Crippen molar-refractivity contribution in [2.75, 3.05) is 0 Å². The normalized spacial score (nSPS) is 8.00. The third-order valence-electron chi connectivity index (χ3n) is 1.28. The molecule has 0 amide bonds. The lowest BCUT2D eigenvalue weighted by atomic mass is 10.2. The number of carbonyl (C=O) groups is 1. The van der Waals surface area contributed by atoms with Crippen LogP contribution in [0.3, 0.4) is 0 Å². The van der Waals surface area contributed by atoms with Gasteiger partial charge in [-0.1, -0.05) is 36.6 Å². The van der Waals surface area contributed by atoms with Gasteiger partial charge in [-0.05, 0) is 12.1 Å². The van der Waals surface area contributed by atoms with E-state index in [2.05, 4.69) is 18.4 Å². The number of hydrogen-bond donors (Lipinski definition) is 0. The first-order chi connectivity index (χ1) is 5.83. The van der Waals surface area contributed by atoms with Crippen LogP contribution in [0.25, 0.3) is 0 Å². The number of allylic oxidation sites excluding steroid dienone is 1. The van der Waals surface area contributed by atoms with Crippen molar-refractivity contribution in [1.82, 2.24) is 0 Å². The maximum atomic E-state index is 10.1. The molecule has 0 fully saturated rings. The first kappa shape index (κ1) is 8.29. The van der Waals surface area contributed by atoms with E-state index in [-0.39, 0.29) is 0 Å². The third kappa shape index (κ3) is 2.43. The number of carbonyl (C=O) groups excluding carboxylic acids is 1. The van der Waals surface area contributed by atoms with Gasteiger partial charge in [0, 0.05) is 5.56 Å². The van der Waals surface area contributed by atoms with Gasteiger partial charge < -0.3 is 0 Å². The van der Waals surface area contributed by atoms with Crippen molar-refractivity contribution in [2.45, 2.75) is 0 Å². The van der Waals surface area contributed by atoms with Gasteiger partial charge in [0.15, 0.2) is 6.29 Å². The van der Waals surface area contributed by atoms with Crippen LogP contribution in [-0.2, 0) is 4.79 Å². The zero-order chi connectivity index (χ0) is 8.81. The second-order valence-electron chi connectivity index (χ2n) is 2.26. The van der Waals surface area contributed by atoms with Gasteiger partial charge in [0.05, 0.1) is 5.57 Å². The molecule has 58 valence electrons. The van der Waals surface area contributed by atoms with Crippen LogP contribution in [0.15, 0.2) is 42.5 Å². The van der Waals surface area contributed by atoms with Crippen LogP contribution in [0.1, 0.15) is 5.56 Å². The molecule has 1 heteroatoms. The molecule has 0 aliphatic heterocycles. The van der Waals surface area contributed by atoms with Crippen LogP contribution in [0.4, 0.5) is 0 Å². The molecule has 0 unspecified atom stereocenters. The van der Waals surface area contributed by atoms with Crippen LogP contribution in [-0.4, -0.2) is 6.29 Å². The average molecular weight is 156 g/mol. The van der Waals surface area contributed by atoms with E-state index >= 15 is 0 Å². The molecule has 0 bridgehead atoms. The number of benzene rings is 1. The Bertz CT molecular complexity index is 338. The molecule has 0 saturated carbocycles. The maximum Gasteiger partial charge on any atom is 0.157 e. The fourth-order valence-corrected chi connectivity index (χ4v) is 0.703. The summed E-state index contributed by atoms with van der Waals surface area (Å²) in [5, 5.41) is 0. The van der Waals surface area contributed by atoms with E-state index in [0.29, 0.717) is 11.9 Å². The topological polar surface area (TPSA) is 17.1 Å². The number of aldehydes is 1. The zero-order valence-electron chi connectivity index (χ0n) is 6.58. The summed E-state index contributed by atoms with van der Waals surface area (Å²) in [6.45, 7) is 3.45. The molecule has 0 aliphatic rings. The van der Waals surface area contributed by atoms with Gasteiger partial charge >= 0.3 is 0 Å². The first-order valence-electron chi connectivity index (χ1n) is 3.54. The Hall–Kier alpha value is -1.81. The molecule has 0 aliphatic carbocycles. The van der Waals surface area contributed by atoms with Gasteiger partial charge in [-0.3, -0.25) is 4.79 Å². The Morgan fingerprint density at radius 3 is 2.58 bits per heavy atom. The molecular weight excluding hydrogens is 148 g/mol. The summed E-state index contributed by atoms with van der Waals surface area (Å²) in [4.78, 5) is 10.1. The Kier molecular flexibility index (Phi) is 2.87. The molecule has 1 aromatic carbocycles. The highest BCUT2D eigenvalue weighted by Crippen LogP contribution is 1.95. The lowest BCUT2D eigenvalue weighted by Gasteiger charge is -1.85. The average Bonchev–Trinajstić information content (AvgIpc) is 2.16. The quantitative estimate of drug-likeness (QED) is 0.344. The molecule has 0 saturated heterocycles. The van der Waals surface area contributed by atoms with Crippen LogP contribution < -0.4 is 0 Å². The van der Waals surface area contributed by atoms with Crippen LogP contribution in [0, 0.1) is 11.8 Å². The zero-order valence-corrected chi connectivity index (χ0v) is 6.58. The smallest absolute Gasteiger partial charge is 0.157 e. The van der Waals surface area contributed by atoms with Crippen molar-refractivity contribution in [2.24, 2.45) is 0 Å². The Morgan fingerprint density at radius 1 is 1.33 bits per heavy atom. The lowest BCUT2D eigenvalue weighted by molar-refractivity contribution is -0.104. The van der Waals surface area contributed by atoms with Gasteiger partial charge in [0.2, 0.25) is 0 Å². The summed E-state index contributed by atoms with van der Waals surface area (Å²) in [5.74, 6) is 5.45. The van der Waals surface area contributed by atoms with Crippen LogP contribution in [0.2, 0.25) is 0 Å². The van der Waals surface area contributed by atoms with E-state index in [1.165, 1.54) is 0 Å². The molecular formula is C11H8O. The summed E-state index contributed by atoms with van der Waals surface area (Å²) in [6.07, 6.45) is 0.649. The van der Waals surface area contributed by atoms with E-state index in [9.17, 15) is 4.79 Å². The minimum atomic E-state index is 0.304. The Balaban J connectivity index is 2.80. The summed E-state index contributed by atoms with van der Waals surface area (Å²) in [6, 6.07) is 9.47. The summed E-state index contributed by atoms with van der Waals surface area (Å²) in [7, 11) is 0. The molecule has 0 aromatic heterocycles. The minimum Gasteiger partial charge on any atom is -0.297 e. The second kappa shape index (κ2) is 4.15. The predicted octanol–water partition coefficient (Wildman–Crippen LogP) is 1.79. The van der Waals surface area contributed by atoms with Crippen molar-refractivity contribution < 1.29 is 4.79 Å². The standard InChI is InChI=1S/C11H8O/c1-10(9-12)7-8-11-5-3-2-4-6-11/h2-6,9H,1H2. The minimum absolute atomic E-state index is 0.304. The van der Waals surface area contributed by atoms with Gasteiger partial charge in [-0.2, -0.15) is 0 Å². The first-order valence-corrected chi connectivity index (χ1v) is 3.54. The van der Waals surface area contributed by atoms with Gasteiger partial charge in [0.1, 0.15) is 0 Å². The Morgan fingerprint density at radius 2 is 2.00 bits per heavy atom. The van der Waals surface area contributed by atoms with Crippen molar-refractivity contribution in [1.29, 1.82) is 0 Å². The van der Waals surface area contributed by atoms with Gasteiger partial charge in [0.25, 0.3) is 0 Å². The molecule has 1 aromatic rings. The summed E-state index contributed by atoms with van der Waals surface area (Å²) in [5.41, 5.74) is 1.19. The van der Waals surface area contributed by atoms with Crippen LogP contribution in [0.5, 0.6) is 0 Å². The SMILES string of the molecule is C=C(C#Cc1ccccc1)C=O. The highest BCUT2D eigenvalue weighted by atomic mass is 16.1. The van der Waals surface area contributed by atoms with E-state index in [1.54, 1.807) is 0 Å². The monoisotopic (exact) mass is 156 g/mol. The largest absolute Gasteiger partial charge is 0.297 e. The summed E-state index contributed by atoms with van der Waals surface area (Å²) < 4.78 is 0. The highest BCUT2D eigenvalue weighted by molar-refractivity contribution is 5.79. The summed E-state index contributed by atoms with van der Waals surface area (Å²) >= 11 is 0. The molecule has 0 heterocycles. The third-order valence-corrected chi connectivity index (χ3v) is 1.28. The van der Waals surface area contributed by atoms with E-state index in [4.69, 9.17) is 0 Å². The van der Waals surface area contributed by atoms with Crippen LogP contribution >= 0.6 is 0 Å². The molecule has 0 atom stereocenters. The molecule has 0 N–H and O–H groups in total. The van der Waals surface area contributed by atoms with E-state index < -0.39 is 0 Å². The molecule has 12 heavy (non-hydrogen) atoms. The molecule has 1 nitrogen and oxygen atoms in total. The lowest BCUT2D eigenvalue weighted by Crippen LogP contribution is -1.76. The molecule has 0 spiro atoms. The van der Waals surface area contributed by atoms with Crippen molar-refractivity contribution in [3.05, 3.63) is 48.0 Å². The fraction of sp³-hybridized carbons (Fsp3) is 0. The Labute approximate surface area is 71.7 Å². The van der Waals surface area contributed by atoms with Crippen molar-refractivity contribution in [3.8, 4) is 11.8 Å². The number of rotatable bonds is 1. The van der Waals surface area contributed by atoms with E-state index in [1.807, 2.05) is 30.3 Å². The molecule has 1 rings (SSSR count). The van der Waals surface area contributed by atoms with Gasteiger partial charge in [-0.15, -0.1) is 0 Å². The van der Waals surface area contributed by atoms with Gasteiger partial charge in [-0.25, -0.2) is 0 Å². The van der Waals surface area contributed by atoms with Crippen molar-refractivity contribution in [3.63, 3.8) is 0 Å². The maximum absolute atomic E-state index is 10.1. The fourth-order valence-electron chi connectivity index (χ4n) is 0.703. The predicted molar refractivity (Wildman–Crippen MR) is 48.5 cm³/mol. The highest BCUT2D eigenvalue weighted by Gasteiger charge is 1.82. The number of hydrogen-bond acceptors (Lipinski definition) is 1. The van der Waals surface area contributed by atoms with Crippen molar-refractivity contribution >= 4 is 6.29 Å². The second-order valence-corrected chi connectivity index (χ2v) is 2.26.